The fraction of sp³-hybridized carbons (Fsp3) is 0.636. The lowest BCUT2D eigenvalue weighted by atomic mass is 9.88. The SMILES string of the molecule is C[C@@H]1CCCCO[C@H](CN(C)S(=O)(=O)c2cccs2)[C@H](C)CN([C@H](C)CO)C(=O)c2cc(NC(=O)C3CCCCC3)ccc2O1. The summed E-state index contributed by atoms with van der Waals surface area (Å²) < 4.78 is 40.6. The molecule has 45 heavy (non-hydrogen) atoms. The molecule has 1 aromatic heterocycles. The van der Waals surface area contributed by atoms with Gasteiger partial charge in [0.05, 0.1) is 30.4 Å². The number of likely N-dealkylation sites (N-methyl/N-ethyl adjacent to an activating group) is 1. The molecule has 0 unspecified atom stereocenters. The summed E-state index contributed by atoms with van der Waals surface area (Å²) in [4.78, 5) is 29.0. The minimum absolute atomic E-state index is 0.0342. The highest BCUT2D eigenvalue weighted by Gasteiger charge is 2.33. The molecule has 1 aromatic carbocycles. The number of hydrogen-bond acceptors (Lipinski definition) is 8. The first-order valence-electron chi connectivity index (χ1n) is 16.2. The van der Waals surface area contributed by atoms with Crippen molar-refractivity contribution in [3.8, 4) is 5.75 Å². The maximum Gasteiger partial charge on any atom is 0.258 e. The van der Waals surface area contributed by atoms with Crippen LogP contribution in [-0.4, -0.2) is 86.1 Å². The summed E-state index contributed by atoms with van der Waals surface area (Å²) in [6.45, 7) is 6.18. The van der Waals surface area contributed by atoms with Gasteiger partial charge in [-0.05, 0) is 75.6 Å². The number of aliphatic hydroxyl groups is 1. The van der Waals surface area contributed by atoms with Crippen LogP contribution in [0.25, 0.3) is 0 Å². The molecule has 1 saturated carbocycles. The molecule has 2 aliphatic rings. The number of ether oxygens (including phenoxy) is 2. The molecule has 1 aliphatic carbocycles. The zero-order chi connectivity index (χ0) is 32.6. The van der Waals surface area contributed by atoms with E-state index < -0.39 is 22.2 Å². The quantitative estimate of drug-likeness (QED) is 0.388. The number of thiophene rings is 1. The number of carbonyl (C=O) groups is 2. The fourth-order valence-corrected chi connectivity index (χ4v) is 8.37. The van der Waals surface area contributed by atoms with Crippen molar-refractivity contribution >= 4 is 38.9 Å². The van der Waals surface area contributed by atoms with Gasteiger partial charge < -0.3 is 24.8 Å². The van der Waals surface area contributed by atoms with E-state index in [4.69, 9.17) is 9.47 Å². The predicted octanol–water partition coefficient (Wildman–Crippen LogP) is 5.38. The topological polar surface area (TPSA) is 125 Å². The number of fused-ring (bicyclic) bond motifs is 1. The van der Waals surface area contributed by atoms with Gasteiger partial charge in [0.2, 0.25) is 5.91 Å². The Labute approximate surface area is 272 Å². The fourth-order valence-electron chi connectivity index (χ4n) is 5.99. The van der Waals surface area contributed by atoms with Gasteiger partial charge in [-0.25, -0.2) is 8.42 Å². The Morgan fingerprint density at radius 3 is 2.56 bits per heavy atom. The molecule has 0 radical (unpaired) electrons. The molecule has 10 nitrogen and oxygen atoms in total. The van der Waals surface area contributed by atoms with Crippen LogP contribution in [0, 0.1) is 11.8 Å². The number of sulfonamides is 1. The zero-order valence-electron chi connectivity index (χ0n) is 26.9. The van der Waals surface area contributed by atoms with Gasteiger partial charge in [-0.2, -0.15) is 4.31 Å². The number of hydrogen-bond donors (Lipinski definition) is 2. The number of benzene rings is 1. The molecule has 0 saturated heterocycles. The summed E-state index contributed by atoms with van der Waals surface area (Å²) in [6, 6.07) is 7.96. The van der Waals surface area contributed by atoms with Crippen molar-refractivity contribution in [2.45, 2.75) is 94.6 Å². The van der Waals surface area contributed by atoms with Gasteiger partial charge in [0.25, 0.3) is 15.9 Å². The van der Waals surface area contributed by atoms with Crippen molar-refractivity contribution in [3.63, 3.8) is 0 Å². The molecule has 12 heteroatoms. The molecular weight excluding hydrogens is 615 g/mol. The Kier molecular flexibility index (Phi) is 12.8. The first kappa shape index (κ1) is 35.3. The van der Waals surface area contributed by atoms with E-state index in [2.05, 4.69) is 5.32 Å². The largest absolute Gasteiger partial charge is 0.490 e. The molecule has 1 fully saturated rings. The van der Waals surface area contributed by atoms with Crippen molar-refractivity contribution in [2.75, 3.05) is 38.7 Å². The standard InChI is InChI=1S/C33H49N3O7S2/c1-23-20-36(24(2)22-37)33(39)28-19-27(34-32(38)26-12-6-5-7-13-26)15-16-29(28)43-25(3)11-8-9-17-42-30(23)21-35(4)45(40,41)31-14-10-18-44-31/h10,14-16,18-19,23-26,30,37H,5-9,11-13,17,20-22H2,1-4H3,(H,34,38)/t23-,24-,25-,30-/m1/s1. The number of nitrogens with one attached hydrogen (secondary N) is 1. The van der Waals surface area contributed by atoms with Crippen LogP contribution in [0.15, 0.2) is 39.9 Å². The monoisotopic (exact) mass is 663 g/mol. The van der Waals surface area contributed by atoms with Crippen molar-refractivity contribution < 1.29 is 32.6 Å². The second-order valence-electron chi connectivity index (χ2n) is 12.6. The highest BCUT2D eigenvalue weighted by molar-refractivity contribution is 7.91. The average molecular weight is 664 g/mol. The lowest BCUT2D eigenvalue weighted by Crippen LogP contribution is -2.48. The highest BCUT2D eigenvalue weighted by atomic mass is 32.2. The van der Waals surface area contributed by atoms with Crippen molar-refractivity contribution in [3.05, 3.63) is 41.3 Å². The van der Waals surface area contributed by atoms with Gasteiger partial charge in [0.1, 0.15) is 9.96 Å². The Morgan fingerprint density at radius 2 is 1.87 bits per heavy atom. The molecule has 250 valence electrons. The van der Waals surface area contributed by atoms with E-state index in [9.17, 15) is 23.1 Å². The minimum atomic E-state index is -3.69. The van der Waals surface area contributed by atoms with E-state index in [1.807, 2.05) is 13.8 Å². The van der Waals surface area contributed by atoms with Gasteiger partial charge >= 0.3 is 0 Å². The van der Waals surface area contributed by atoms with Gasteiger partial charge in [-0.3, -0.25) is 9.59 Å². The first-order valence-corrected chi connectivity index (χ1v) is 18.5. The van der Waals surface area contributed by atoms with E-state index in [0.717, 1.165) is 51.4 Å². The lowest BCUT2D eigenvalue weighted by Gasteiger charge is -2.35. The predicted molar refractivity (Wildman–Crippen MR) is 176 cm³/mol. The average Bonchev–Trinajstić information content (AvgIpc) is 3.59. The third-order valence-electron chi connectivity index (χ3n) is 8.89. The molecule has 0 spiro atoms. The van der Waals surface area contributed by atoms with E-state index in [-0.39, 0.29) is 53.7 Å². The number of anilines is 1. The number of nitrogens with zero attached hydrogens (tertiary/aromatic N) is 2. The van der Waals surface area contributed by atoms with E-state index in [1.54, 1.807) is 54.6 Å². The molecule has 2 N–H and O–H groups in total. The van der Waals surface area contributed by atoms with Crippen LogP contribution in [0.3, 0.4) is 0 Å². The summed E-state index contributed by atoms with van der Waals surface area (Å²) in [5, 5.41) is 14.9. The molecule has 4 atom stereocenters. The maximum absolute atomic E-state index is 14.3. The third kappa shape index (κ3) is 9.28. The Morgan fingerprint density at radius 1 is 1.13 bits per heavy atom. The molecule has 0 bridgehead atoms. The van der Waals surface area contributed by atoms with Crippen molar-refractivity contribution in [1.82, 2.24) is 9.21 Å². The molecule has 2 aromatic rings. The summed E-state index contributed by atoms with van der Waals surface area (Å²) >= 11 is 1.17. The Balaban J connectivity index is 1.63. The number of rotatable bonds is 8. The van der Waals surface area contributed by atoms with Crippen LogP contribution in [0.2, 0.25) is 0 Å². The maximum atomic E-state index is 14.3. The third-order valence-corrected chi connectivity index (χ3v) is 12.1. The van der Waals surface area contributed by atoms with E-state index in [0.29, 0.717) is 23.6 Å². The summed E-state index contributed by atoms with van der Waals surface area (Å²) in [5.74, 6) is -0.255. The van der Waals surface area contributed by atoms with Crippen LogP contribution < -0.4 is 10.1 Å². The molecule has 4 rings (SSSR count). The normalized spacial score (nSPS) is 23.6. The van der Waals surface area contributed by atoms with Crippen LogP contribution in [-0.2, 0) is 19.6 Å². The summed E-state index contributed by atoms with van der Waals surface area (Å²) in [5.41, 5.74) is 0.837. The van der Waals surface area contributed by atoms with Crippen LogP contribution in [0.1, 0.15) is 82.5 Å². The minimum Gasteiger partial charge on any atom is -0.490 e. The Bertz CT molecular complexity index is 1360. The summed E-state index contributed by atoms with van der Waals surface area (Å²) in [7, 11) is -2.15. The van der Waals surface area contributed by atoms with Crippen LogP contribution >= 0.6 is 11.3 Å². The van der Waals surface area contributed by atoms with Gasteiger partial charge in [-0.1, -0.05) is 32.3 Å². The van der Waals surface area contributed by atoms with Crippen LogP contribution in [0.4, 0.5) is 5.69 Å². The zero-order valence-corrected chi connectivity index (χ0v) is 28.6. The number of amides is 2. The molecular formula is C33H49N3O7S2. The van der Waals surface area contributed by atoms with Gasteiger partial charge in [-0.15, -0.1) is 11.3 Å². The smallest absolute Gasteiger partial charge is 0.258 e. The highest BCUT2D eigenvalue weighted by Crippen LogP contribution is 2.30. The second kappa shape index (κ2) is 16.4. The second-order valence-corrected chi connectivity index (χ2v) is 15.8. The van der Waals surface area contributed by atoms with Gasteiger partial charge in [0, 0.05) is 44.3 Å². The molecule has 2 amide bonds. The first-order chi connectivity index (χ1) is 21.5. The van der Waals surface area contributed by atoms with Crippen molar-refractivity contribution in [2.24, 2.45) is 11.8 Å². The molecule has 2 heterocycles. The molecule has 1 aliphatic heterocycles. The van der Waals surface area contributed by atoms with Crippen LogP contribution in [0.5, 0.6) is 5.75 Å². The van der Waals surface area contributed by atoms with Gasteiger partial charge in [0.15, 0.2) is 0 Å². The summed E-state index contributed by atoms with van der Waals surface area (Å²) in [6.07, 6.45) is 6.62. The van der Waals surface area contributed by atoms with E-state index in [1.165, 1.54) is 15.6 Å². The lowest BCUT2D eigenvalue weighted by molar-refractivity contribution is -0.120. The number of aliphatic hydroxyl groups excluding tert-OH is 1. The number of carbonyl (C=O) groups excluding carboxylic acids is 2. The van der Waals surface area contributed by atoms with Crippen molar-refractivity contribution in [1.29, 1.82) is 0 Å². The van der Waals surface area contributed by atoms with E-state index >= 15 is 0 Å². The Hall–Kier alpha value is -2.51.